The van der Waals surface area contributed by atoms with Crippen molar-refractivity contribution in [2.75, 3.05) is 13.1 Å². The molecule has 1 aliphatic heterocycles. The second-order valence-electron chi connectivity index (χ2n) is 6.85. The summed E-state index contributed by atoms with van der Waals surface area (Å²) in [6, 6.07) is 14.1. The second kappa shape index (κ2) is 7.67. The zero-order chi connectivity index (χ0) is 17.9. The molecule has 5 heteroatoms. The lowest BCUT2D eigenvalue weighted by Gasteiger charge is -2.24. The molecule has 2 aromatic rings. The molecule has 3 nitrogen and oxygen atoms in total. The highest BCUT2D eigenvalue weighted by atomic mass is 32.2. The number of benzene rings is 2. The fourth-order valence-corrected chi connectivity index (χ4v) is 5.07. The number of halogens is 1. The molecule has 25 heavy (non-hydrogen) atoms. The van der Waals surface area contributed by atoms with Gasteiger partial charge in [0.2, 0.25) is 10.0 Å². The van der Waals surface area contributed by atoms with Crippen LogP contribution in [-0.4, -0.2) is 25.8 Å². The number of hydrogen-bond acceptors (Lipinski definition) is 2. The van der Waals surface area contributed by atoms with Gasteiger partial charge in [0.25, 0.3) is 0 Å². The third-order valence-corrected chi connectivity index (χ3v) is 6.62. The zero-order valence-electron chi connectivity index (χ0n) is 14.5. The summed E-state index contributed by atoms with van der Waals surface area (Å²) in [5.74, 6) is -0.109. The van der Waals surface area contributed by atoms with Gasteiger partial charge in [-0.1, -0.05) is 48.4 Å². The summed E-state index contributed by atoms with van der Waals surface area (Å²) in [6.07, 6.45) is 2.78. The van der Waals surface area contributed by atoms with Gasteiger partial charge in [-0.2, -0.15) is 0 Å². The Balaban J connectivity index is 1.78. The van der Waals surface area contributed by atoms with Crippen LogP contribution in [0.15, 0.2) is 48.5 Å². The van der Waals surface area contributed by atoms with E-state index in [0.717, 1.165) is 36.0 Å². The van der Waals surface area contributed by atoms with E-state index in [1.165, 1.54) is 12.1 Å². The summed E-state index contributed by atoms with van der Waals surface area (Å²) in [5, 5.41) is 0. The van der Waals surface area contributed by atoms with E-state index in [1.54, 1.807) is 16.4 Å². The van der Waals surface area contributed by atoms with Gasteiger partial charge in [-0.15, -0.1) is 0 Å². The van der Waals surface area contributed by atoms with E-state index in [9.17, 15) is 12.8 Å². The summed E-state index contributed by atoms with van der Waals surface area (Å²) in [6.45, 7) is 3.00. The Morgan fingerprint density at radius 1 is 1.12 bits per heavy atom. The summed E-state index contributed by atoms with van der Waals surface area (Å²) < 4.78 is 40.6. The number of aryl methyl sites for hydroxylation is 1. The SMILES string of the molecule is Cc1cccc(CS(=O)(=O)N2CCCCC(c3ccc(F)cc3)C2)c1. The third kappa shape index (κ3) is 4.67. The molecule has 1 fully saturated rings. The third-order valence-electron chi connectivity index (χ3n) is 4.80. The molecule has 0 aromatic heterocycles. The Morgan fingerprint density at radius 3 is 2.60 bits per heavy atom. The van der Waals surface area contributed by atoms with Crippen LogP contribution >= 0.6 is 0 Å². The zero-order valence-corrected chi connectivity index (χ0v) is 15.3. The summed E-state index contributed by atoms with van der Waals surface area (Å²) >= 11 is 0. The smallest absolute Gasteiger partial charge is 0.212 e. The minimum absolute atomic E-state index is 0.0326. The summed E-state index contributed by atoms with van der Waals surface area (Å²) in [7, 11) is -3.37. The molecule has 1 aliphatic rings. The predicted molar refractivity (Wildman–Crippen MR) is 98.4 cm³/mol. The van der Waals surface area contributed by atoms with E-state index in [0.29, 0.717) is 13.1 Å². The molecule has 0 bridgehead atoms. The molecule has 3 rings (SSSR count). The van der Waals surface area contributed by atoms with Crippen LogP contribution in [0.25, 0.3) is 0 Å². The first-order chi connectivity index (χ1) is 11.9. The maximum absolute atomic E-state index is 13.2. The molecule has 134 valence electrons. The van der Waals surface area contributed by atoms with E-state index in [-0.39, 0.29) is 17.5 Å². The standard InChI is InChI=1S/C20H24FNO2S/c1-16-5-4-6-17(13-16)15-25(23,24)22-12-3-2-7-19(14-22)18-8-10-20(21)11-9-18/h4-6,8-11,13,19H,2-3,7,12,14-15H2,1H3. The van der Waals surface area contributed by atoms with Gasteiger partial charge in [0.15, 0.2) is 0 Å². The average molecular weight is 361 g/mol. The molecular weight excluding hydrogens is 337 g/mol. The van der Waals surface area contributed by atoms with Crippen molar-refractivity contribution in [3.63, 3.8) is 0 Å². The van der Waals surface area contributed by atoms with Crippen molar-refractivity contribution in [2.45, 2.75) is 37.9 Å². The van der Waals surface area contributed by atoms with Gasteiger partial charge < -0.3 is 0 Å². The highest BCUT2D eigenvalue weighted by Gasteiger charge is 2.28. The van der Waals surface area contributed by atoms with Gasteiger partial charge in [0.05, 0.1) is 5.75 Å². The molecule has 0 N–H and O–H groups in total. The molecule has 0 amide bonds. The molecule has 1 saturated heterocycles. The molecule has 1 unspecified atom stereocenters. The Kier molecular flexibility index (Phi) is 5.54. The van der Waals surface area contributed by atoms with Gasteiger partial charge in [0, 0.05) is 13.1 Å². The number of nitrogens with zero attached hydrogens (tertiary/aromatic N) is 1. The van der Waals surface area contributed by atoms with Crippen LogP contribution in [0.2, 0.25) is 0 Å². The molecule has 1 atom stereocenters. The van der Waals surface area contributed by atoms with Crippen LogP contribution in [-0.2, 0) is 15.8 Å². The molecular formula is C20H24FNO2S. The van der Waals surface area contributed by atoms with Crippen molar-refractivity contribution in [3.8, 4) is 0 Å². The van der Waals surface area contributed by atoms with Crippen molar-refractivity contribution in [3.05, 3.63) is 71.0 Å². The minimum atomic E-state index is -3.37. The number of hydrogen-bond donors (Lipinski definition) is 0. The fraction of sp³-hybridized carbons (Fsp3) is 0.400. The van der Waals surface area contributed by atoms with Gasteiger partial charge >= 0.3 is 0 Å². The van der Waals surface area contributed by atoms with Gasteiger partial charge in [-0.05, 0) is 48.9 Å². The molecule has 0 aliphatic carbocycles. The fourth-order valence-electron chi connectivity index (χ4n) is 3.47. The lowest BCUT2D eigenvalue weighted by Crippen LogP contribution is -2.35. The molecule has 0 spiro atoms. The molecule has 0 saturated carbocycles. The predicted octanol–water partition coefficient (Wildman–Crippen LogP) is 4.23. The van der Waals surface area contributed by atoms with Crippen LogP contribution in [0.1, 0.15) is 41.9 Å². The number of rotatable bonds is 4. The molecule has 1 heterocycles. The van der Waals surface area contributed by atoms with Crippen LogP contribution in [0, 0.1) is 12.7 Å². The average Bonchev–Trinajstić information content (AvgIpc) is 2.82. The van der Waals surface area contributed by atoms with Crippen molar-refractivity contribution < 1.29 is 12.8 Å². The first kappa shape index (κ1) is 18.1. The van der Waals surface area contributed by atoms with Crippen LogP contribution in [0.4, 0.5) is 4.39 Å². The quantitative estimate of drug-likeness (QED) is 0.817. The van der Waals surface area contributed by atoms with Crippen molar-refractivity contribution in [1.82, 2.24) is 4.31 Å². The largest absolute Gasteiger partial charge is 0.218 e. The normalized spacial score (nSPS) is 19.5. The van der Waals surface area contributed by atoms with E-state index >= 15 is 0 Å². The second-order valence-corrected chi connectivity index (χ2v) is 8.82. The Hall–Kier alpha value is -1.72. The van der Waals surface area contributed by atoms with Crippen molar-refractivity contribution >= 4 is 10.0 Å². The first-order valence-corrected chi connectivity index (χ1v) is 10.3. The van der Waals surface area contributed by atoms with Crippen molar-refractivity contribution in [1.29, 1.82) is 0 Å². The molecule has 0 radical (unpaired) electrons. The maximum atomic E-state index is 13.2. The van der Waals surface area contributed by atoms with E-state index in [1.807, 2.05) is 31.2 Å². The lowest BCUT2D eigenvalue weighted by molar-refractivity contribution is 0.405. The van der Waals surface area contributed by atoms with Gasteiger partial charge in [-0.3, -0.25) is 0 Å². The minimum Gasteiger partial charge on any atom is -0.212 e. The highest BCUT2D eigenvalue weighted by Crippen LogP contribution is 2.28. The number of sulfonamides is 1. The lowest BCUT2D eigenvalue weighted by atomic mass is 9.95. The Morgan fingerprint density at radius 2 is 1.88 bits per heavy atom. The van der Waals surface area contributed by atoms with Crippen molar-refractivity contribution in [2.24, 2.45) is 0 Å². The van der Waals surface area contributed by atoms with E-state index in [2.05, 4.69) is 0 Å². The highest BCUT2D eigenvalue weighted by molar-refractivity contribution is 7.88. The first-order valence-electron chi connectivity index (χ1n) is 8.73. The van der Waals surface area contributed by atoms with Gasteiger partial charge in [0.1, 0.15) is 5.82 Å². The van der Waals surface area contributed by atoms with Crippen LogP contribution in [0.3, 0.4) is 0 Å². The summed E-state index contributed by atoms with van der Waals surface area (Å²) in [5.41, 5.74) is 2.90. The Labute approximate surface area is 149 Å². The Bertz CT molecular complexity index is 818. The van der Waals surface area contributed by atoms with Gasteiger partial charge in [-0.25, -0.2) is 17.1 Å². The maximum Gasteiger partial charge on any atom is 0.218 e. The van der Waals surface area contributed by atoms with Crippen LogP contribution < -0.4 is 0 Å². The monoisotopic (exact) mass is 361 g/mol. The van der Waals surface area contributed by atoms with Crippen LogP contribution in [0.5, 0.6) is 0 Å². The summed E-state index contributed by atoms with van der Waals surface area (Å²) in [4.78, 5) is 0. The molecule has 2 aromatic carbocycles. The van der Waals surface area contributed by atoms with E-state index in [4.69, 9.17) is 0 Å². The van der Waals surface area contributed by atoms with E-state index < -0.39 is 10.0 Å². The topological polar surface area (TPSA) is 37.4 Å².